The first-order valence-corrected chi connectivity index (χ1v) is 9.69. The van der Waals surface area contributed by atoms with Gasteiger partial charge in [-0.1, -0.05) is 38.1 Å². The van der Waals surface area contributed by atoms with Crippen molar-refractivity contribution in [2.45, 2.75) is 39.0 Å². The lowest BCUT2D eigenvalue weighted by Crippen LogP contribution is -2.44. The SMILES string of the molecule is CN=C(NCCCOCC1CCOC1)NCC(C)(C)c1ccccc1C. The van der Waals surface area contributed by atoms with Crippen molar-refractivity contribution in [2.75, 3.05) is 46.6 Å². The summed E-state index contributed by atoms with van der Waals surface area (Å²) in [7, 11) is 1.81. The van der Waals surface area contributed by atoms with Crippen LogP contribution in [-0.2, 0) is 14.9 Å². The molecule has 1 aliphatic heterocycles. The fraction of sp³-hybridized carbons (Fsp3) is 0.667. The molecule has 1 aromatic rings. The highest BCUT2D eigenvalue weighted by Crippen LogP contribution is 2.25. The highest BCUT2D eigenvalue weighted by Gasteiger charge is 2.22. The molecule has 0 bridgehead atoms. The number of hydrogen-bond donors (Lipinski definition) is 2. The van der Waals surface area contributed by atoms with Crippen molar-refractivity contribution >= 4 is 5.96 Å². The van der Waals surface area contributed by atoms with E-state index < -0.39 is 0 Å². The lowest BCUT2D eigenvalue weighted by atomic mass is 9.82. The Labute approximate surface area is 158 Å². The second-order valence-electron chi connectivity index (χ2n) is 7.71. The minimum absolute atomic E-state index is 0.0371. The maximum absolute atomic E-state index is 5.74. The fourth-order valence-corrected chi connectivity index (χ4v) is 3.30. The van der Waals surface area contributed by atoms with E-state index in [1.807, 2.05) is 7.05 Å². The first kappa shape index (κ1) is 20.7. The van der Waals surface area contributed by atoms with Gasteiger partial charge in [-0.2, -0.15) is 0 Å². The van der Waals surface area contributed by atoms with E-state index in [0.29, 0.717) is 5.92 Å². The Bertz CT molecular complexity index is 566. The van der Waals surface area contributed by atoms with E-state index in [-0.39, 0.29) is 5.41 Å². The molecule has 1 atom stereocenters. The summed E-state index contributed by atoms with van der Waals surface area (Å²) < 4.78 is 11.1. The molecule has 0 aromatic heterocycles. The summed E-state index contributed by atoms with van der Waals surface area (Å²) in [5.41, 5.74) is 2.73. The largest absolute Gasteiger partial charge is 0.381 e. The predicted octanol–water partition coefficient (Wildman–Crippen LogP) is 2.88. The Balaban J connectivity index is 1.65. The molecule has 26 heavy (non-hydrogen) atoms. The van der Waals surface area contributed by atoms with Crippen molar-refractivity contribution in [1.29, 1.82) is 0 Å². The van der Waals surface area contributed by atoms with Crippen LogP contribution in [0.5, 0.6) is 0 Å². The molecule has 0 radical (unpaired) electrons. The van der Waals surface area contributed by atoms with Gasteiger partial charge in [0.15, 0.2) is 5.96 Å². The van der Waals surface area contributed by atoms with Crippen LogP contribution in [0.1, 0.15) is 37.8 Å². The molecule has 0 spiro atoms. The van der Waals surface area contributed by atoms with E-state index in [4.69, 9.17) is 9.47 Å². The molecule has 146 valence electrons. The van der Waals surface area contributed by atoms with Crippen molar-refractivity contribution in [3.8, 4) is 0 Å². The van der Waals surface area contributed by atoms with Crippen LogP contribution in [0.15, 0.2) is 29.3 Å². The molecule has 1 fully saturated rings. The molecule has 2 N–H and O–H groups in total. The van der Waals surface area contributed by atoms with Gasteiger partial charge in [0.05, 0.1) is 13.2 Å². The number of benzene rings is 1. The molecule has 2 rings (SSSR count). The van der Waals surface area contributed by atoms with Crippen LogP contribution >= 0.6 is 0 Å². The maximum atomic E-state index is 5.74. The van der Waals surface area contributed by atoms with Gasteiger partial charge in [-0.3, -0.25) is 4.99 Å². The molecule has 0 amide bonds. The van der Waals surface area contributed by atoms with Gasteiger partial charge < -0.3 is 20.1 Å². The van der Waals surface area contributed by atoms with Crippen molar-refractivity contribution in [3.05, 3.63) is 35.4 Å². The molecule has 5 heteroatoms. The number of hydrogen-bond acceptors (Lipinski definition) is 3. The van der Waals surface area contributed by atoms with Crippen LogP contribution in [0, 0.1) is 12.8 Å². The van der Waals surface area contributed by atoms with Crippen LogP contribution in [0.25, 0.3) is 0 Å². The Kier molecular flexibility index (Phi) is 8.39. The quantitative estimate of drug-likeness (QED) is 0.403. The van der Waals surface area contributed by atoms with Gasteiger partial charge in [0, 0.05) is 44.7 Å². The first-order chi connectivity index (χ1) is 12.5. The van der Waals surface area contributed by atoms with Crippen LogP contribution < -0.4 is 10.6 Å². The van der Waals surface area contributed by atoms with Crippen molar-refractivity contribution in [3.63, 3.8) is 0 Å². The molecular formula is C21H35N3O2. The Morgan fingerprint density at radius 2 is 2.12 bits per heavy atom. The van der Waals surface area contributed by atoms with E-state index >= 15 is 0 Å². The van der Waals surface area contributed by atoms with E-state index in [0.717, 1.165) is 58.3 Å². The molecule has 1 aliphatic rings. The van der Waals surface area contributed by atoms with Gasteiger partial charge in [-0.15, -0.1) is 0 Å². The predicted molar refractivity (Wildman–Crippen MR) is 108 cm³/mol. The number of nitrogens with zero attached hydrogens (tertiary/aromatic N) is 1. The third-order valence-electron chi connectivity index (χ3n) is 4.93. The number of nitrogens with one attached hydrogen (secondary N) is 2. The summed E-state index contributed by atoms with van der Waals surface area (Å²) in [5.74, 6) is 1.43. The number of ether oxygens (including phenoxy) is 2. The monoisotopic (exact) mass is 361 g/mol. The summed E-state index contributed by atoms with van der Waals surface area (Å²) in [4.78, 5) is 4.33. The average Bonchev–Trinajstić information content (AvgIpc) is 3.14. The van der Waals surface area contributed by atoms with E-state index in [2.05, 4.69) is 60.7 Å². The molecule has 1 saturated heterocycles. The van der Waals surface area contributed by atoms with Gasteiger partial charge in [-0.25, -0.2) is 0 Å². The topological polar surface area (TPSA) is 54.9 Å². The second-order valence-corrected chi connectivity index (χ2v) is 7.71. The molecule has 0 aliphatic carbocycles. The summed E-state index contributed by atoms with van der Waals surface area (Å²) in [5, 5.41) is 6.82. The number of aliphatic imine (C=N–C) groups is 1. The standard InChI is InChI=1S/C21H35N3O2/c1-17-8-5-6-9-19(17)21(2,3)16-24-20(22-4)23-11-7-12-25-14-18-10-13-26-15-18/h5-6,8-9,18H,7,10-16H2,1-4H3,(H2,22,23,24). The molecular weight excluding hydrogens is 326 g/mol. The Morgan fingerprint density at radius 1 is 1.31 bits per heavy atom. The highest BCUT2D eigenvalue weighted by molar-refractivity contribution is 5.79. The van der Waals surface area contributed by atoms with Crippen LogP contribution in [-0.4, -0.2) is 52.5 Å². The zero-order chi connectivity index (χ0) is 18.8. The third kappa shape index (κ3) is 6.61. The smallest absolute Gasteiger partial charge is 0.191 e. The maximum Gasteiger partial charge on any atom is 0.191 e. The minimum atomic E-state index is 0.0371. The lowest BCUT2D eigenvalue weighted by Gasteiger charge is -2.28. The second kappa shape index (κ2) is 10.5. The molecule has 1 unspecified atom stereocenters. The fourth-order valence-electron chi connectivity index (χ4n) is 3.30. The van der Waals surface area contributed by atoms with Crippen LogP contribution in [0.2, 0.25) is 0 Å². The zero-order valence-electron chi connectivity index (χ0n) is 16.8. The molecule has 5 nitrogen and oxygen atoms in total. The van der Waals surface area contributed by atoms with Crippen LogP contribution in [0.3, 0.4) is 0 Å². The van der Waals surface area contributed by atoms with Gasteiger partial charge in [0.2, 0.25) is 0 Å². The summed E-state index contributed by atoms with van der Waals surface area (Å²) in [6.45, 7) is 11.7. The first-order valence-electron chi connectivity index (χ1n) is 9.69. The Hall–Kier alpha value is -1.59. The van der Waals surface area contributed by atoms with Crippen LogP contribution in [0.4, 0.5) is 0 Å². The number of guanidine groups is 1. The van der Waals surface area contributed by atoms with Crippen molar-refractivity contribution < 1.29 is 9.47 Å². The van der Waals surface area contributed by atoms with Gasteiger partial charge in [0.1, 0.15) is 0 Å². The number of rotatable bonds is 9. The van der Waals surface area contributed by atoms with E-state index in [1.165, 1.54) is 11.1 Å². The normalized spacial score (nSPS) is 18.2. The summed E-state index contributed by atoms with van der Waals surface area (Å²) in [6.07, 6.45) is 2.10. The molecule has 1 heterocycles. The summed E-state index contributed by atoms with van der Waals surface area (Å²) >= 11 is 0. The van der Waals surface area contributed by atoms with E-state index in [9.17, 15) is 0 Å². The van der Waals surface area contributed by atoms with Gasteiger partial charge >= 0.3 is 0 Å². The number of aryl methyl sites for hydroxylation is 1. The van der Waals surface area contributed by atoms with Crippen molar-refractivity contribution in [1.82, 2.24) is 10.6 Å². The van der Waals surface area contributed by atoms with E-state index in [1.54, 1.807) is 0 Å². The van der Waals surface area contributed by atoms with Gasteiger partial charge in [-0.05, 0) is 30.9 Å². The lowest BCUT2D eigenvalue weighted by molar-refractivity contribution is 0.0888. The Morgan fingerprint density at radius 3 is 2.81 bits per heavy atom. The third-order valence-corrected chi connectivity index (χ3v) is 4.93. The zero-order valence-corrected chi connectivity index (χ0v) is 16.8. The molecule has 0 saturated carbocycles. The van der Waals surface area contributed by atoms with Crippen molar-refractivity contribution in [2.24, 2.45) is 10.9 Å². The minimum Gasteiger partial charge on any atom is -0.381 e. The molecule has 1 aromatic carbocycles. The summed E-state index contributed by atoms with van der Waals surface area (Å²) in [6, 6.07) is 8.57. The van der Waals surface area contributed by atoms with Gasteiger partial charge in [0.25, 0.3) is 0 Å². The highest BCUT2D eigenvalue weighted by atomic mass is 16.5. The average molecular weight is 362 g/mol.